The highest BCUT2D eigenvalue weighted by molar-refractivity contribution is 9.11. The predicted octanol–water partition coefficient (Wildman–Crippen LogP) is 5.31. The van der Waals surface area contributed by atoms with Gasteiger partial charge in [0.15, 0.2) is 0 Å². The minimum Gasteiger partial charge on any atom is -0.487 e. The first-order chi connectivity index (χ1) is 13.5. The first-order valence-electron chi connectivity index (χ1n) is 8.92. The number of carbonyl (C=O) groups is 2. The fourth-order valence-electron chi connectivity index (χ4n) is 2.48. The maximum atomic E-state index is 11.9. The number of benzene rings is 2. The van der Waals surface area contributed by atoms with Crippen LogP contribution in [-0.4, -0.2) is 28.8 Å². The van der Waals surface area contributed by atoms with Crippen LogP contribution in [0.2, 0.25) is 0 Å². The number of hydrogen-bond acceptors (Lipinski definition) is 4. The van der Waals surface area contributed by atoms with Gasteiger partial charge in [0.05, 0.1) is 8.95 Å². The number of halogens is 2. The summed E-state index contributed by atoms with van der Waals surface area (Å²) in [5.41, 5.74) is 1.03. The van der Waals surface area contributed by atoms with E-state index < -0.39 is 23.7 Å². The number of alkyl carbamates (subject to hydrolysis) is 1. The van der Waals surface area contributed by atoms with Crippen LogP contribution in [0.4, 0.5) is 4.79 Å². The number of rotatable bonds is 7. The summed E-state index contributed by atoms with van der Waals surface area (Å²) in [6.07, 6.45) is -0.684. The number of carbonyl (C=O) groups excluding carboxylic acids is 1. The standard InChI is InChI=1S/C21H23Br2NO5/c1-21(2,3)29-20(27)24-17(19(25)26)11-14-9-15(22)18(16(23)10-14)28-12-13-7-5-4-6-8-13/h4-10,17H,11-12H2,1-3H3,(H,24,27)(H,25,26). The minimum atomic E-state index is -1.15. The van der Waals surface area contributed by atoms with Gasteiger partial charge in [-0.1, -0.05) is 30.3 Å². The Morgan fingerprint density at radius 2 is 1.66 bits per heavy atom. The van der Waals surface area contributed by atoms with E-state index in [-0.39, 0.29) is 6.42 Å². The largest absolute Gasteiger partial charge is 0.487 e. The molecule has 0 aliphatic carbocycles. The summed E-state index contributed by atoms with van der Waals surface area (Å²) in [6.45, 7) is 5.54. The first kappa shape index (κ1) is 23.2. The van der Waals surface area contributed by atoms with E-state index in [1.807, 2.05) is 30.3 Å². The van der Waals surface area contributed by atoms with E-state index in [1.165, 1.54) is 0 Å². The lowest BCUT2D eigenvalue weighted by Gasteiger charge is -2.22. The van der Waals surface area contributed by atoms with Crippen molar-refractivity contribution in [2.75, 3.05) is 0 Å². The van der Waals surface area contributed by atoms with Crippen molar-refractivity contribution in [1.29, 1.82) is 0 Å². The third-order valence-electron chi connectivity index (χ3n) is 3.71. The van der Waals surface area contributed by atoms with Gasteiger partial charge in [-0.25, -0.2) is 9.59 Å². The molecule has 1 amide bonds. The highest BCUT2D eigenvalue weighted by Gasteiger charge is 2.25. The van der Waals surface area contributed by atoms with Crippen LogP contribution in [0.15, 0.2) is 51.4 Å². The molecule has 2 aromatic carbocycles. The highest BCUT2D eigenvalue weighted by Crippen LogP contribution is 2.35. The zero-order valence-corrected chi connectivity index (χ0v) is 19.5. The molecular weight excluding hydrogens is 506 g/mol. The molecule has 0 aromatic heterocycles. The zero-order valence-electron chi connectivity index (χ0n) is 16.4. The Morgan fingerprint density at radius 3 is 2.17 bits per heavy atom. The van der Waals surface area contributed by atoms with Crippen LogP contribution >= 0.6 is 31.9 Å². The monoisotopic (exact) mass is 527 g/mol. The van der Waals surface area contributed by atoms with E-state index in [0.717, 1.165) is 5.56 Å². The molecule has 6 nitrogen and oxygen atoms in total. The lowest BCUT2D eigenvalue weighted by atomic mass is 10.1. The molecule has 2 rings (SSSR count). The second kappa shape index (κ2) is 10.1. The van der Waals surface area contributed by atoms with E-state index in [9.17, 15) is 14.7 Å². The third-order valence-corrected chi connectivity index (χ3v) is 4.89. The molecule has 8 heteroatoms. The second-order valence-corrected chi connectivity index (χ2v) is 9.11. The Bertz CT molecular complexity index is 842. The summed E-state index contributed by atoms with van der Waals surface area (Å²) >= 11 is 6.95. The number of nitrogens with one attached hydrogen (secondary N) is 1. The average molecular weight is 529 g/mol. The number of carboxylic acids is 1. The maximum absolute atomic E-state index is 11.9. The van der Waals surface area contributed by atoms with Gasteiger partial charge in [-0.15, -0.1) is 0 Å². The number of hydrogen-bond donors (Lipinski definition) is 2. The average Bonchev–Trinajstić information content (AvgIpc) is 2.59. The summed E-state index contributed by atoms with van der Waals surface area (Å²) < 4.78 is 12.4. The Hall–Kier alpha value is -2.06. The minimum absolute atomic E-state index is 0.0880. The van der Waals surface area contributed by atoms with Gasteiger partial charge >= 0.3 is 12.1 Å². The smallest absolute Gasteiger partial charge is 0.408 e. The molecule has 1 unspecified atom stereocenters. The fraction of sp³-hybridized carbons (Fsp3) is 0.333. The lowest BCUT2D eigenvalue weighted by Crippen LogP contribution is -2.44. The molecule has 0 aliphatic rings. The zero-order chi connectivity index (χ0) is 21.6. The van der Waals surface area contributed by atoms with Crippen molar-refractivity contribution in [2.24, 2.45) is 0 Å². The predicted molar refractivity (Wildman–Crippen MR) is 117 cm³/mol. The molecule has 29 heavy (non-hydrogen) atoms. The SMILES string of the molecule is CC(C)(C)OC(=O)NC(Cc1cc(Br)c(OCc2ccccc2)c(Br)c1)C(=O)O. The molecule has 0 spiro atoms. The summed E-state index contributed by atoms with van der Waals surface area (Å²) in [5, 5.41) is 11.9. The van der Waals surface area contributed by atoms with Crippen molar-refractivity contribution in [3.8, 4) is 5.75 Å². The maximum Gasteiger partial charge on any atom is 0.408 e. The first-order valence-corrected chi connectivity index (χ1v) is 10.5. The van der Waals surface area contributed by atoms with E-state index in [1.54, 1.807) is 32.9 Å². The van der Waals surface area contributed by atoms with E-state index in [0.29, 0.717) is 26.9 Å². The summed E-state index contributed by atoms with van der Waals surface area (Å²) in [7, 11) is 0. The van der Waals surface area contributed by atoms with Crippen molar-refractivity contribution in [3.05, 3.63) is 62.5 Å². The van der Waals surface area contributed by atoms with Crippen LogP contribution in [0.25, 0.3) is 0 Å². The molecule has 0 saturated heterocycles. The molecular formula is C21H23Br2NO5. The molecule has 156 valence electrons. The molecule has 0 bridgehead atoms. The highest BCUT2D eigenvalue weighted by atomic mass is 79.9. The van der Waals surface area contributed by atoms with Gasteiger partial charge in [0.1, 0.15) is 24.0 Å². The van der Waals surface area contributed by atoms with Crippen LogP contribution in [0, 0.1) is 0 Å². The Balaban J connectivity index is 2.09. The van der Waals surface area contributed by atoms with Crippen LogP contribution in [0.1, 0.15) is 31.9 Å². The van der Waals surface area contributed by atoms with Crippen molar-refractivity contribution in [3.63, 3.8) is 0 Å². The number of ether oxygens (including phenoxy) is 2. The third kappa shape index (κ3) is 7.70. The summed E-state index contributed by atoms with van der Waals surface area (Å²) in [6, 6.07) is 12.2. The Morgan fingerprint density at radius 1 is 1.07 bits per heavy atom. The van der Waals surface area contributed by atoms with Crippen molar-refractivity contribution in [1.82, 2.24) is 5.32 Å². The molecule has 2 aromatic rings. The topological polar surface area (TPSA) is 84.9 Å². The van der Waals surface area contributed by atoms with Crippen molar-refractivity contribution < 1.29 is 24.2 Å². The summed E-state index contributed by atoms with van der Waals surface area (Å²) in [4.78, 5) is 23.5. The van der Waals surface area contributed by atoms with Gasteiger partial charge in [0, 0.05) is 6.42 Å². The van der Waals surface area contributed by atoms with Gasteiger partial charge in [0.2, 0.25) is 0 Å². The van der Waals surface area contributed by atoms with Crippen LogP contribution in [-0.2, 0) is 22.6 Å². The van der Waals surface area contributed by atoms with E-state index >= 15 is 0 Å². The van der Waals surface area contributed by atoms with E-state index in [2.05, 4.69) is 37.2 Å². The van der Waals surface area contributed by atoms with E-state index in [4.69, 9.17) is 9.47 Å². The van der Waals surface area contributed by atoms with Gasteiger partial charge < -0.3 is 19.9 Å². The van der Waals surface area contributed by atoms with Crippen molar-refractivity contribution in [2.45, 2.75) is 45.4 Å². The Kier molecular flexibility index (Phi) is 8.10. The van der Waals surface area contributed by atoms with Crippen LogP contribution in [0.5, 0.6) is 5.75 Å². The van der Waals surface area contributed by atoms with Gasteiger partial charge in [-0.05, 0) is 75.9 Å². The van der Waals surface area contributed by atoms with Crippen LogP contribution in [0.3, 0.4) is 0 Å². The Labute approximate surface area is 186 Å². The quantitative estimate of drug-likeness (QED) is 0.508. The molecule has 0 heterocycles. The fourth-order valence-corrected chi connectivity index (χ4v) is 3.99. The number of amides is 1. The molecule has 0 fully saturated rings. The molecule has 1 atom stereocenters. The number of aliphatic carboxylic acids is 1. The van der Waals surface area contributed by atoms with Crippen molar-refractivity contribution >= 4 is 43.9 Å². The molecule has 2 N–H and O–H groups in total. The van der Waals surface area contributed by atoms with Gasteiger partial charge in [0.25, 0.3) is 0 Å². The van der Waals surface area contributed by atoms with Gasteiger partial charge in [-0.3, -0.25) is 0 Å². The van der Waals surface area contributed by atoms with Crippen LogP contribution < -0.4 is 10.1 Å². The van der Waals surface area contributed by atoms with Gasteiger partial charge in [-0.2, -0.15) is 0 Å². The normalized spacial score (nSPS) is 12.2. The molecule has 0 radical (unpaired) electrons. The summed E-state index contributed by atoms with van der Waals surface area (Å²) in [5.74, 6) is -0.530. The molecule has 0 aliphatic heterocycles. The lowest BCUT2D eigenvalue weighted by molar-refractivity contribution is -0.139. The second-order valence-electron chi connectivity index (χ2n) is 7.40. The molecule has 0 saturated carbocycles. The number of carboxylic acid groups (broad SMARTS) is 1.